The van der Waals surface area contributed by atoms with E-state index in [0.717, 1.165) is 31.5 Å². The summed E-state index contributed by atoms with van der Waals surface area (Å²) in [5, 5.41) is 15.9. The zero-order valence-electron chi connectivity index (χ0n) is 19.1. The molecule has 1 rings (SSSR count). The molecule has 0 aromatic heterocycles. The quantitative estimate of drug-likeness (QED) is 0.118. The smallest absolute Gasteiger partial charge is 0.240 e. The molecule has 0 heterocycles. The van der Waals surface area contributed by atoms with Gasteiger partial charge in [0.15, 0.2) is 5.96 Å². The minimum Gasteiger partial charge on any atom is -0.396 e. The number of nitrogens with zero attached hydrogens (tertiary/aromatic N) is 1. The van der Waals surface area contributed by atoms with Gasteiger partial charge in [-0.3, -0.25) is 0 Å². The van der Waals surface area contributed by atoms with Gasteiger partial charge < -0.3 is 20.5 Å². The van der Waals surface area contributed by atoms with Crippen LogP contribution in [0.3, 0.4) is 0 Å². The van der Waals surface area contributed by atoms with Gasteiger partial charge in [0.1, 0.15) is 0 Å². The molecule has 1 atom stereocenters. The van der Waals surface area contributed by atoms with Crippen molar-refractivity contribution >= 4 is 40.0 Å². The second-order valence-electron chi connectivity index (χ2n) is 7.62. The largest absolute Gasteiger partial charge is 0.396 e. The zero-order valence-corrected chi connectivity index (χ0v) is 22.2. The second-order valence-corrected chi connectivity index (χ2v) is 9.39. The maximum Gasteiger partial charge on any atom is 0.240 e. The standard InChI is InChI=1S/C21H38N4O4S.HI/c1-5-22-21(24-16-19(9-11-26)13-17(2)3)23-15-18-7-6-8-20(14-18)30(27,28)25-10-12-29-4;/h6-8,14,17,19,25-26H,5,9-13,15-16H2,1-4H3,(H2,22,23,24);1H. The lowest BCUT2D eigenvalue weighted by Crippen LogP contribution is -2.40. The molecule has 0 amide bonds. The molecule has 0 radical (unpaired) electrons. The number of nitrogens with one attached hydrogen (secondary N) is 3. The number of benzene rings is 1. The Morgan fingerprint density at radius 2 is 2.00 bits per heavy atom. The van der Waals surface area contributed by atoms with Crippen molar-refractivity contribution in [2.75, 3.05) is 40.0 Å². The molecule has 0 aliphatic rings. The first kappa shape index (κ1) is 30.0. The van der Waals surface area contributed by atoms with E-state index in [9.17, 15) is 13.5 Å². The Morgan fingerprint density at radius 1 is 1.26 bits per heavy atom. The number of rotatable bonds is 14. The fourth-order valence-electron chi connectivity index (χ4n) is 3.08. The molecule has 31 heavy (non-hydrogen) atoms. The van der Waals surface area contributed by atoms with E-state index in [4.69, 9.17) is 4.74 Å². The fraction of sp³-hybridized carbons (Fsp3) is 0.667. The summed E-state index contributed by atoms with van der Waals surface area (Å²) < 4.78 is 32.2. The van der Waals surface area contributed by atoms with E-state index in [1.54, 1.807) is 18.2 Å². The van der Waals surface area contributed by atoms with E-state index in [1.807, 2.05) is 13.0 Å². The summed E-state index contributed by atoms with van der Waals surface area (Å²) in [6.45, 7) is 8.86. The molecule has 0 saturated heterocycles. The summed E-state index contributed by atoms with van der Waals surface area (Å²) in [6.07, 6.45) is 1.78. The molecule has 10 heteroatoms. The van der Waals surface area contributed by atoms with Crippen LogP contribution in [0.4, 0.5) is 0 Å². The highest BCUT2D eigenvalue weighted by molar-refractivity contribution is 14.0. The first-order valence-electron chi connectivity index (χ1n) is 10.5. The first-order valence-corrected chi connectivity index (χ1v) is 12.0. The van der Waals surface area contributed by atoms with E-state index in [0.29, 0.717) is 30.9 Å². The Morgan fingerprint density at radius 3 is 2.61 bits per heavy atom. The lowest BCUT2D eigenvalue weighted by Gasteiger charge is -2.20. The lowest BCUT2D eigenvalue weighted by atomic mass is 9.94. The van der Waals surface area contributed by atoms with Gasteiger partial charge in [0.2, 0.25) is 10.0 Å². The topological polar surface area (TPSA) is 112 Å². The third-order valence-corrected chi connectivity index (χ3v) is 5.93. The van der Waals surface area contributed by atoms with Gasteiger partial charge in [-0.15, -0.1) is 24.0 Å². The summed E-state index contributed by atoms with van der Waals surface area (Å²) in [7, 11) is -2.05. The molecule has 1 aromatic rings. The van der Waals surface area contributed by atoms with E-state index < -0.39 is 10.0 Å². The maximum atomic E-state index is 12.4. The van der Waals surface area contributed by atoms with Gasteiger partial charge in [0.25, 0.3) is 0 Å². The lowest BCUT2D eigenvalue weighted by molar-refractivity contribution is 0.204. The van der Waals surface area contributed by atoms with Crippen LogP contribution in [0, 0.1) is 11.8 Å². The molecule has 0 bridgehead atoms. The second kappa shape index (κ2) is 16.7. The molecular formula is C21H39IN4O4S. The number of guanidine groups is 1. The highest BCUT2D eigenvalue weighted by Gasteiger charge is 2.14. The molecule has 0 aliphatic heterocycles. The Labute approximate surface area is 204 Å². The van der Waals surface area contributed by atoms with Crippen LogP contribution in [-0.4, -0.2) is 59.4 Å². The van der Waals surface area contributed by atoms with Crippen molar-refractivity contribution in [3.63, 3.8) is 0 Å². The van der Waals surface area contributed by atoms with E-state index in [-0.39, 0.29) is 42.0 Å². The molecule has 4 N–H and O–H groups in total. The average Bonchev–Trinajstić information content (AvgIpc) is 2.70. The average molecular weight is 571 g/mol. The fourth-order valence-corrected chi connectivity index (χ4v) is 4.16. The summed E-state index contributed by atoms with van der Waals surface area (Å²) >= 11 is 0. The third-order valence-electron chi connectivity index (χ3n) is 4.47. The summed E-state index contributed by atoms with van der Waals surface area (Å²) in [4.78, 5) is 4.80. The number of aliphatic hydroxyl groups is 1. The van der Waals surface area contributed by atoms with Crippen LogP contribution in [0.5, 0.6) is 0 Å². The van der Waals surface area contributed by atoms with Crippen molar-refractivity contribution < 1.29 is 18.3 Å². The van der Waals surface area contributed by atoms with Crippen molar-refractivity contribution in [3.05, 3.63) is 29.8 Å². The molecule has 180 valence electrons. The van der Waals surface area contributed by atoms with Crippen molar-refractivity contribution in [2.45, 2.75) is 45.1 Å². The van der Waals surface area contributed by atoms with Crippen LogP contribution in [0.15, 0.2) is 34.2 Å². The number of aliphatic hydroxyl groups excluding tert-OH is 1. The minimum atomic E-state index is -3.58. The van der Waals surface area contributed by atoms with Gasteiger partial charge in [-0.25, -0.2) is 18.1 Å². The Balaban J connectivity index is 0.00000900. The number of methoxy groups -OCH3 is 1. The Bertz CT molecular complexity index is 745. The minimum absolute atomic E-state index is 0. The van der Waals surface area contributed by atoms with Gasteiger partial charge in [-0.05, 0) is 49.3 Å². The van der Waals surface area contributed by atoms with Gasteiger partial charge in [-0.1, -0.05) is 26.0 Å². The predicted octanol–water partition coefficient (Wildman–Crippen LogP) is 2.33. The number of halogens is 1. The molecule has 1 unspecified atom stereocenters. The number of sulfonamides is 1. The van der Waals surface area contributed by atoms with Crippen molar-refractivity contribution in [1.82, 2.24) is 15.4 Å². The van der Waals surface area contributed by atoms with Crippen molar-refractivity contribution in [3.8, 4) is 0 Å². The monoisotopic (exact) mass is 570 g/mol. The predicted molar refractivity (Wildman–Crippen MR) is 136 cm³/mol. The van der Waals surface area contributed by atoms with E-state index in [1.165, 1.54) is 7.11 Å². The van der Waals surface area contributed by atoms with Crippen LogP contribution in [-0.2, 0) is 21.3 Å². The highest BCUT2D eigenvalue weighted by atomic mass is 127. The Hall–Kier alpha value is -0.950. The van der Waals surface area contributed by atoms with Crippen LogP contribution < -0.4 is 15.4 Å². The molecule has 0 aliphatic carbocycles. The van der Waals surface area contributed by atoms with Crippen LogP contribution >= 0.6 is 24.0 Å². The van der Waals surface area contributed by atoms with Gasteiger partial charge in [0.05, 0.1) is 18.0 Å². The summed E-state index contributed by atoms with van der Waals surface area (Å²) in [5.74, 6) is 1.60. The van der Waals surface area contributed by atoms with Gasteiger partial charge in [-0.2, -0.15) is 0 Å². The zero-order chi connectivity index (χ0) is 22.4. The molecule has 0 fully saturated rings. The Kier molecular flexibility index (Phi) is 16.1. The van der Waals surface area contributed by atoms with Gasteiger partial charge in [0, 0.05) is 33.4 Å². The van der Waals surface area contributed by atoms with Crippen molar-refractivity contribution in [1.29, 1.82) is 0 Å². The molecular weight excluding hydrogens is 531 g/mol. The van der Waals surface area contributed by atoms with E-state index in [2.05, 4.69) is 34.2 Å². The summed E-state index contributed by atoms with van der Waals surface area (Å²) in [5.41, 5.74) is 0.802. The summed E-state index contributed by atoms with van der Waals surface area (Å²) in [6, 6.07) is 6.78. The molecule has 1 aromatic carbocycles. The van der Waals surface area contributed by atoms with Crippen LogP contribution in [0.25, 0.3) is 0 Å². The third kappa shape index (κ3) is 12.6. The van der Waals surface area contributed by atoms with Gasteiger partial charge >= 0.3 is 0 Å². The van der Waals surface area contributed by atoms with Crippen LogP contribution in [0.1, 0.15) is 39.2 Å². The first-order chi connectivity index (χ1) is 14.3. The molecule has 0 saturated carbocycles. The van der Waals surface area contributed by atoms with Crippen LogP contribution in [0.2, 0.25) is 0 Å². The maximum absolute atomic E-state index is 12.4. The SMILES string of the molecule is CCNC(=NCc1cccc(S(=O)(=O)NCCOC)c1)NCC(CCO)CC(C)C.I. The number of aliphatic imine (C=N–C) groups is 1. The van der Waals surface area contributed by atoms with E-state index >= 15 is 0 Å². The number of ether oxygens (including phenoxy) is 1. The van der Waals surface area contributed by atoms with Crippen molar-refractivity contribution in [2.24, 2.45) is 16.8 Å². The normalized spacial score (nSPS) is 13.0. The molecule has 8 nitrogen and oxygen atoms in total. The highest BCUT2D eigenvalue weighted by Crippen LogP contribution is 2.14. The number of hydrogen-bond acceptors (Lipinski definition) is 5. The number of hydrogen-bond donors (Lipinski definition) is 4. The molecule has 0 spiro atoms.